The highest BCUT2D eigenvalue weighted by Gasteiger charge is 2.81. The number of rotatable bonds is 4. The van der Waals surface area contributed by atoms with Gasteiger partial charge < -0.3 is 9.84 Å². The zero-order valence-corrected chi connectivity index (χ0v) is 19.6. The summed E-state index contributed by atoms with van der Waals surface area (Å²) >= 11 is 0. The quantitative estimate of drug-likeness (QED) is 0.575. The van der Waals surface area contributed by atoms with Crippen LogP contribution >= 0.6 is 0 Å². The highest BCUT2D eigenvalue weighted by atomic mass is 16.6. The normalized spacial score (nSPS) is 51.8. The van der Waals surface area contributed by atoms with E-state index in [0.717, 1.165) is 36.0 Å². The van der Waals surface area contributed by atoms with E-state index in [4.69, 9.17) is 4.74 Å². The number of aliphatic hydroxyl groups is 1. The maximum absolute atomic E-state index is 11.7. The Morgan fingerprint density at radius 1 is 0.929 bits per heavy atom. The fourth-order valence-corrected chi connectivity index (χ4v) is 9.35. The van der Waals surface area contributed by atoms with Crippen LogP contribution in [0, 0.1) is 57.2 Å². The Balaban J connectivity index is 1.48. The molecule has 0 aromatic rings. The molecule has 28 heavy (non-hydrogen) atoms. The van der Waals surface area contributed by atoms with Crippen molar-refractivity contribution in [3.05, 3.63) is 0 Å². The minimum absolute atomic E-state index is 0.000340. The highest BCUT2D eigenvalue weighted by molar-refractivity contribution is 5.29. The topological polar surface area (TPSA) is 29.5 Å². The van der Waals surface area contributed by atoms with E-state index in [1.54, 1.807) is 0 Å². The molecule has 0 radical (unpaired) electrons. The molecule has 160 valence electrons. The average molecular weight is 389 g/mol. The van der Waals surface area contributed by atoms with E-state index in [1.165, 1.54) is 32.1 Å². The van der Waals surface area contributed by atoms with Crippen molar-refractivity contribution in [3.63, 3.8) is 0 Å². The standard InChI is InChI=1S/C26H44O2/c1-22(2,3)14-25(8,23(4,5)6)21(27)28-26-16-9-15-10-18(26)20-17(11-19(20)26)24(7,12-15)13-16/h15-21,27H,9-14H2,1-8H3. The fraction of sp³-hybridized carbons (Fsp3) is 1.00. The Morgan fingerprint density at radius 2 is 1.57 bits per heavy atom. The van der Waals surface area contributed by atoms with Crippen LogP contribution in [0.15, 0.2) is 0 Å². The molecule has 8 saturated carbocycles. The SMILES string of the molecule is CC(C)(C)CC(C)(C(O)OC12C3CC4CC1C1C(CC12)C(C)(C4)C3)C(C)(C)C. The van der Waals surface area contributed by atoms with Crippen molar-refractivity contribution in [2.45, 2.75) is 106 Å². The van der Waals surface area contributed by atoms with Crippen molar-refractivity contribution < 1.29 is 9.84 Å². The molecule has 0 aromatic heterocycles. The molecular formula is C26H44O2. The largest absolute Gasteiger partial charge is 0.367 e. The Kier molecular flexibility index (Phi) is 3.82. The lowest BCUT2D eigenvalue weighted by atomic mass is 9.37. The predicted molar refractivity (Wildman–Crippen MR) is 114 cm³/mol. The fourth-order valence-electron chi connectivity index (χ4n) is 9.35. The van der Waals surface area contributed by atoms with Gasteiger partial charge in [-0.05, 0) is 90.3 Å². The first kappa shape index (κ1) is 19.9. The van der Waals surface area contributed by atoms with Crippen LogP contribution in [-0.2, 0) is 4.74 Å². The van der Waals surface area contributed by atoms with E-state index in [0.29, 0.717) is 11.3 Å². The molecule has 10 unspecified atom stereocenters. The van der Waals surface area contributed by atoms with Crippen LogP contribution in [0.4, 0.5) is 0 Å². The van der Waals surface area contributed by atoms with Crippen molar-refractivity contribution in [2.24, 2.45) is 57.2 Å². The second-order valence-electron chi connectivity index (χ2n) is 14.5. The van der Waals surface area contributed by atoms with Gasteiger partial charge in [-0.2, -0.15) is 0 Å². The first-order chi connectivity index (χ1) is 12.7. The number of hydrogen-bond acceptors (Lipinski definition) is 2. The molecule has 8 fully saturated rings. The van der Waals surface area contributed by atoms with Crippen molar-refractivity contribution in [1.82, 2.24) is 0 Å². The molecule has 8 aliphatic carbocycles. The van der Waals surface area contributed by atoms with E-state index in [2.05, 4.69) is 55.4 Å². The summed E-state index contributed by atoms with van der Waals surface area (Å²) in [5.74, 6) is 4.96. The molecule has 0 amide bonds. The van der Waals surface area contributed by atoms with Gasteiger partial charge in [-0.1, -0.05) is 55.4 Å². The summed E-state index contributed by atoms with van der Waals surface area (Å²) in [7, 11) is 0. The molecule has 0 heterocycles. The Morgan fingerprint density at radius 3 is 2.18 bits per heavy atom. The van der Waals surface area contributed by atoms with Gasteiger partial charge in [0.2, 0.25) is 0 Å². The van der Waals surface area contributed by atoms with E-state index in [-0.39, 0.29) is 21.8 Å². The molecule has 1 N–H and O–H groups in total. The summed E-state index contributed by atoms with van der Waals surface area (Å²) in [6.45, 7) is 18.6. The van der Waals surface area contributed by atoms with E-state index >= 15 is 0 Å². The lowest BCUT2D eigenvalue weighted by molar-refractivity contribution is -0.378. The first-order valence-electron chi connectivity index (χ1n) is 12.1. The van der Waals surface area contributed by atoms with Gasteiger partial charge in [-0.25, -0.2) is 0 Å². The Hall–Kier alpha value is -0.0800. The van der Waals surface area contributed by atoms with Crippen LogP contribution in [0.3, 0.4) is 0 Å². The predicted octanol–water partition coefficient (Wildman–Crippen LogP) is 6.27. The Bertz CT molecular complexity index is 671. The van der Waals surface area contributed by atoms with E-state index in [1.807, 2.05) is 0 Å². The second kappa shape index (κ2) is 5.39. The zero-order chi connectivity index (χ0) is 20.5. The first-order valence-corrected chi connectivity index (χ1v) is 12.1. The van der Waals surface area contributed by atoms with Gasteiger partial charge in [0.05, 0.1) is 5.60 Å². The van der Waals surface area contributed by atoms with Gasteiger partial charge in [0.15, 0.2) is 6.29 Å². The molecule has 0 aliphatic heterocycles. The van der Waals surface area contributed by atoms with Gasteiger partial charge >= 0.3 is 0 Å². The van der Waals surface area contributed by atoms with Crippen LogP contribution in [0.1, 0.15) is 93.9 Å². The summed E-state index contributed by atoms with van der Waals surface area (Å²) in [6.07, 6.45) is 7.25. The zero-order valence-electron chi connectivity index (χ0n) is 19.6. The summed E-state index contributed by atoms with van der Waals surface area (Å²) in [4.78, 5) is 0. The van der Waals surface area contributed by atoms with Crippen molar-refractivity contribution in [1.29, 1.82) is 0 Å². The summed E-state index contributed by atoms with van der Waals surface area (Å²) in [5, 5.41) is 11.7. The van der Waals surface area contributed by atoms with Gasteiger partial charge in [0, 0.05) is 5.41 Å². The monoisotopic (exact) mass is 388 g/mol. The average Bonchev–Trinajstić information content (AvgIpc) is 2.61. The van der Waals surface area contributed by atoms with Crippen LogP contribution in [-0.4, -0.2) is 17.0 Å². The third kappa shape index (κ3) is 2.29. The van der Waals surface area contributed by atoms with Crippen molar-refractivity contribution in [3.8, 4) is 0 Å². The summed E-state index contributed by atoms with van der Waals surface area (Å²) in [5.41, 5.74) is 0.480. The van der Waals surface area contributed by atoms with Crippen LogP contribution in [0.25, 0.3) is 0 Å². The van der Waals surface area contributed by atoms with E-state index in [9.17, 15) is 5.11 Å². The molecule has 0 aromatic carbocycles. The number of ether oxygens (including phenoxy) is 1. The minimum Gasteiger partial charge on any atom is -0.367 e. The van der Waals surface area contributed by atoms with E-state index < -0.39 is 6.29 Å². The second-order valence-corrected chi connectivity index (χ2v) is 14.5. The summed E-state index contributed by atoms with van der Waals surface area (Å²) < 4.78 is 7.05. The smallest absolute Gasteiger partial charge is 0.161 e. The van der Waals surface area contributed by atoms with Gasteiger partial charge in [-0.15, -0.1) is 0 Å². The molecule has 8 aliphatic rings. The lowest BCUT2D eigenvalue weighted by Gasteiger charge is -2.72. The van der Waals surface area contributed by atoms with Crippen LogP contribution in [0.5, 0.6) is 0 Å². The molecule has 2 nitrogen and oxygen atoms in total. The molecule has 0 saturated heterocycles. The maximum atomic E-state index is 11.7. The minimum atomic E-state index is -0.669. The molecule has 10 atom stereocenters. The van der Waals surface area contributed by atoms with Crippen molar-refractivity contribution >= 4 is 0 Å². The lowest BCUT2D eigenvalue weighted by Crippen LogP contribution is -2.75. The molecule has 8 rings (SSSR count). The molecule has 0 spiro atoms. The van der Waals surface area contributed by atoms with Gasteiger partial charge in [-0.3, -0.25) is 0 Å². The third-order valence-electron chi connectivity index (χ3n) is 10.7. The number of hydrogen-bond donors (Lipinski definition) is 1. The molecular weight excluding hydrogens is 344 g/mol. The van der Waals surface area contributed by atoms with Gasteiger partial charge in [0.25, 0.3) is 0 Å². The van der Waals surface area contributed by atoms with Crippen molar-refractivity contribution in [2.75, 3.05) is 0 Å². The van der Waals surface area contributed by atoms with Gasteiger partial charge in [0.1, 0.15) is 0 Å². The maximum Gasteiger partial charge on any atom is 0.161 e. The van der Waals surface area contributed by atoms with Crippen LogP contribution < -0.4 is 0 Å². The number of aliphatic hydroxyl groups excluding tert-OH is 1. The van der Waals surface area contributed by atoms with Crippen LogP contribution in [0.2, 0.25) is 0 Å². The molecule has 8 bridgehead atoms. The Labute approximate surface area is 173 Å². The summed E-state index contributed by atoms with van der Waals surface area (Å²) in [6, 6.07) is 0. The third-order valence-corrected chi connectivity index (χ3v) is 10.7. The molecule has 2 heteroatoms. The highest BCUT2D eigenvalue weighted by Crippen LogP contribution is 2.82.